The first-order valence-electron chi connectivity index (χ1n) is 9.96. The van der Waals surface area contributed by atoms with Crippen LogP contribution in [0.1, 0.15) is 26.5 Å². The molecule has 0 saturated carbocycles. The van der Waals surface area contributed by atoms with Gasteiger partial charge >= 0.3 is 0 Å². The molecule has 0 aliphatic carbocycles. The van der Waals surface area contributed by atoms with Crippen LogP contribution in [-0.4, -0.2) is 15.2 Å². The molecular weight excluding hydrogens is 374 g/mol. The molecule has 5 nitrogen and oxygen atoms in total. The van der Waals surface area contributed by atoms with E-state index in [0.717, 1.165) is 17.1 Å². The summed E-state index contributed by atoms with van der Waals surface area (Å²) in [5.41, 5.74) is 2.64. The Balaban J connectivity index is 1.98. The maximum Gasteiger partial charge on any atom is 0.193 e. The molecule has 0 fully saturated rings. The van der Waals surface area contributed by atoms with Gasteiger partial charge in [-0.1, -0.05) is 36.4 Å². The number of nitrogens with zero attached hydrogens (tertiary/aromatic N) is 2. The first-order valence-corrected chi connectivity index (χ1v) is 9.96. The lowest BCUT2D eigenvalue weighted by Gasteiger charge is -2.23. The molecule has 4 rings (SSSR count). The molecule has 5 heteroatoms. The van der Waals surface area contributed by atoms with E-state index < -0.39 is 0 Å². The number of anilines is 2. The SMILES string of the molecule is Cc1nc2c(cc1OC(C)(C)C)c(=O)cc(Nc1ccccc1)n2-c1ccccc1. The van der Waals surface area contributed by atoms with Gasteiger partial charge in [0.2, 0.25) is 0 Å². The first kappa shape index (κ1) is 19.7. The number of rotatable bonds is 4. The molecule has 2 heterocycles. The third-order valence-corrected chi connectivity index (χ3v) is 4.61. The van der Waals surface area contributed by atoms with Gasteiger partial charge in [-0.05, 0) is 58.0 Å². The monoisotopic (exact) mass is 399 g/mol. The average Bonchev–Trinajstić information content (AvgIpc) is 2.70. The van der Waals surface area contributed by atoms with Crippen LogP contribution in [0.15, 0.2) is 77.6 Å². The van der Waals surface area contributed by atoms with Gasteiger partial charge in [-0.2, -0.15) is 0 Å². The Hall–Kier alpha value is -3.60. The van der Waals surface area contributed by atoms with E-state index in [1.165, 1.54) is 0 Å². The molecule has 0 amide bonds. The maximum atomic E-state index is 13.1. The number of benzene rings is 2. The highest BCUT2D eigenvalue weighted by Gasteiger charge is 2.18. The van der Waals surface area contributed by atoms with Gasteiger partial charge < -0.3 is 10.1 Å². The van der Waals surface area contributed by atoms with Gasteiger partial charge in [-0.3, -0.25) is 9.36 Å². The quantitative estimate of drug-likeness (QED) is 0.484. The van der Waals surface area contributed by atoms with Crippen LogP contribution in [0.3, 0.4) is 0 Å². The lowest BCUT2D eigenvalue weighted by molar-refractivity contribution is 0.129. The molecule has 0 spiro atoms. The molecule has 0 bridgehead atoms. The van der Waals surface area contributed by atoms with Crippen LogP contribution in [0.2, 0.25) is 0 Å². The van der Waals surface area contributed by atoms with E-state index in [1.54, 1.807) is 12.1 Å². The Morgan fingerprint density at radius 3 is 2.20 bits per heavy atom. The zero-order valence-electron chi connectivity index (χ0n) is 17.6. The fourth-order valence-corrected chi connectivity index (χ4v) is 3.34. The summed E-state index contributed by atoms with van der Waals surface area (Å²) < 4.78 is 8.01. The second kappa shape index (κ2) is 7.67. The Labute approximate surface area is 176 Å². The molecule has 152 valence electrons. The van der Waals surface area contributed by atoms with Gasteiger partial charge in [-0.25, -0.2) is 4.98 Å². The number of pyridine rings is 2. The number of hydrogen-bond acceptors (Lipinski definition) is 4. The van der Waals surface area contributed by atoms with Crippen LogP contribution in [-0.2, 0) is 0 Å². The molecule has 2 aromatic carbocycles. The number of hydrogen-bond donors (Lipinski definition) is 1. The average molecular weight is 399 g/mol. The van der Waals surface area contributed by atoms with Crippen LogP contribution in [0.5, 0.6) is 5.75 Å². The van der Waals surface area contributed by atoms with Crippen molar-refractivity contribution in [2.75, 3.05) is 5.32 Å². The van der Waals surface area contributed by atoms with Gasteiger partial charge in [0.1, 0.15) is 17.2 Å². The van der Waals surface area contributed by atoms with E-state index in [2.05, 4.69) is 5.32 Å². The minimum Gasteiger partial charge on any atom is -0.486 e. The lowest BCUT2D eigenvalue weighted by Crippen LogP contribution is -2.24. The summed E-state index contributed by atoms with van der Waals surface area (Å²) in [7, 11) is 0. The Kier molecular flexibility index (Phi) is 5.04. The molecule has 0 unspecified atom stereocenters. The maximum absolute atomic E-state index is 13.1. The van der Waals surface area contributed by atoms with Crippen LogP contribution in [0.25, 0.3) is 16.7 Å². The van der Waals surface area contributed by atoms with Crippen molar-refractivity contribution in [1.29, 1.82) is 0 Å². The Morgan fingerprint density at radius 2 is 1.57 bits per heavy atom. The Bertz CT molecular complexity index is 1240. The highest BCUT2D eigenvalue weighted by atomic mass is 16.5. The molecule has 30 heavy (non-hydrogen) atoms. The van der Waals surface area contributed by atoms with Crippen molar-refractivity contribution in [3.8, 4) is 11.4 Å². The first-order chi connectivity index (χ1) is 14.3. The van der Waals surface area contributed by atoms with Crippen LogP contribution >= 0.6 is 0 Å². The van der Waals surface area contributed by atoms with E-state index in [-0.39, 0.29) is 11.0 Å². The number of aryl methyl sites for hydroxylation is 1. The zero-order valence-corrected chi connectivity index (χ0v) is 17.6. The van der Waals surface area contributed by atoms with Crippen molar-refractivity contribution in [1.82, 2.24) is 9.55 Å². The predicted octanol–water partition coefficient (Wildman–Crippen LogP) is 5.62. The van der Waals surface area contributed by atoms with Crippen molar-refractivity contribution < 1.29 is 4.74 Å². The molecule has 1 N–H and O–H groups in total. The van der Waals surface area contributed by atoms with E-state index in [1.807, 2.05) is 92.9 Å². The number of nitrogens with one attached hydrogen (secondary N) is 1. The highest BCUT2D eigenvalue weighted by Crippen LogP contribution is 2.29. The fourth-order valence-electron chi connectivity index (χ4n) is 3.34. The fraction of sp³-hybridized carbons (Fsp3) is 0.200. The number of fused-ring (bicyclic) bond motifs is 1. The van der Waals surface area contributed by atoms with Gasteiger partial charge in [0.25, 0.3) is 0 Å². The smallest absolute Gasteiger partial charge is 0.193 e. The van der Waals surface area contributed by atoms with Crippen molar-refractivity contribution >= 4 is 22.5 Å². The minimum absolute atomic E-state index is 0.109. The third-order valence-electron chi connectivity index (χ3n) is 4.61. The second-order valence-corrected chi connectivity index (χ2v) is 8.21. The van der Waals surface area contributed by atoms with Crippen molar-refractivity contribution in [3.05, 3.63) is 88.7 Å². The van der Waals surface area contributed by atoms with Gasteiger partial charge in [0.15, 0.2) is 11.1 Å². The topological polar surface area (TPSA) is 56.1 Å². The van der Waals surface area contributed by atoms with Crippen LogP contribution in [0, 0.1) is 6.92 Å². The summed E-state index contributed by atoms with van der Waals surface area (Å²) in [5, 5.41) is 3.88. The summed E-state index contributed by atoms with van der Waals surface area (Å²) in [5.74, 6) is 1.27. The molecular formula is C25H25N3O2. The zero-order chi connectivity index (χ0) is 21.3. The summed E-state index contributed by atoms with van der Waals surface area (Å²) in [6.45, 7) is 7.83. The minimum atomic E-state index is -0.382. The molecule has 0 radical (unpaired) electrons. The van der Waals surface area contributed by atoms with Crippen molar-refractivity contribution in [2.24, 2.45) is 0 Å². The Morgan fingerprint density at radius 1 is 0.933 bits per heavy atom. The van der Waals surface area contributed by atoms with Gasteiger partial charge in [0, 0.05) is 17.4 Å². The molecule has 0 saturated heterocycles. The number of ether oxygens (including phenoxy) is 1. The third kappa shape index (κ3) is 4.06. The number of para-hydroxylation sites is 2. The highest BCUT2D eigenvalue weighted by molar-refractivity contribution is 5.82. The summed E-state index contributed by atoms with van der Waals surface area (Å²) in [6.07, 6.45) is 0. The number of aromatic nitrogens is 2. The van der Waals surface area contributed by atoms with Crippen LogP contribution in [0.4, 0.5) is 11.5 Å². The molecule has 4 aromatic rings. The standard InChI is InChI=1S/C25H25N3O2/c1-17-22(30-25(2,3)4)15-20-21(29)16-23(27-18-11-7-5-8-12-18)28(24(20)26-17)19-13-9-6-10-14-19/h5-16,27H,1-4H3. The molecule has 0 aliphatic rings. The van der Waals surface area contributed by atoms with E-state index in [4.69, 9.17) is 9.72 Å². The van der Waals surface area contributed by atoms with E-state index >= 15 is 0 Å². The van der Waals surface area contributed by atoms with E-state index in [0.29, 0.717) is 22.6 Å². The molecule has 0 aliphatic heterocycles. The molecule has 2 aromatic heterocycles. The second-order valence-electron chi connectivity index (χ2n) is 8.21. The van der Waals surface area contributed by atoms with Crippen molar-refractivity contribution in [2.45, 2.75) is 33.3 Å². The van der Waals surface area contributed by atoms with Crippen molar-refractivity contribution in [3.63, 3.8) is 0 Å². The van der Waals surface area contributed by atoms with Gasteiger partial charge in [-0.15, -0.1) is 0 Å². The largest absolute Gasteiger partial charge is 0.486 e. The van der Waals surface area contributed by atoms with E-state index in [9.17, 15) is 4.79 Å². The normalized spacial score (nSPS) is 11.5. The van der Waals surface area contributed by atoms with Gasteiger partial charge in [0.05, 0.1) is 11.1 Å². The summed E-state index contributed by atoms with van der Waals surface area (Å²) >= 11 is 0. The summed E-state index contributed by atoms with van der Waals surface area (Å²) in [6, 6.07) is 23.1. The predicted molar refractivity (Wildman–Crippen MR) is 122 cm³/mol. The molecule has 0 atom stereocenters. The van der Waals surface area contributed by atoms with Crippen LogP contribution < -0.4 is 15.5 Å². The summed E-state index contributed by atoms with van der Waals surface area (Å²) in [4.78, 5) is 17.9. The lowest BCUT2D eigenvalue weighted by atomic mass is 10.1.